The molecule has 7 nitrogen and oxygen atoms in total. The van der Waals surface area contributed by atoms with Gasteiger partial charge in [-0.1, -0.05) is 19.3 Å². The van der Waals surface area contributed by atoms with Gasteiger partial charge >= 0.3 is 0 Å². The van der Waals surface area contributed by atoms with Gasteiger partial charge in [0, 0.05) is 43.4 Å². The summed E-state index contributed by atoms with van der Waals surface area (Å²) in [6, 6.07) is 2.04. The summed E-state index contributed by atoms with van der Waals surface area (Å²) in [5, 5.41) is 2.02. The first-order chi connectivity index (χ1) is 14.1. The van der Waals surface area contributed by atoms with Gasteiger partial charge in [0.05, 0.1) is 11.4 Å². The van der Waals surface area contributed by atoms with Crippen molar-refractivity contribution in [3.8, 4) is 0 Å². The molecule has 1 amide bonds. The molecule has 1 aliphatic heterocycles. The van der Waals surface area contributed by atoms with Crippen molar-refractivity contribution in [2.75, 3.05) is 20.1 Å². The average molecular weight is 413 g/mol. The molecule has 3 aromatic heterocycles. The standard InChI is InChI=1S/C21H28N6OS/c1-16(17-8-9-22-15-23-17)25(2)14-18-19(24-21-27(18)12-13-29-21)20(28)26-10-6-4-3-5-7-11-26/h8-9,12-13,15-16H,3-7,10-11,14H2,1-2H3/t16-/m0/s1. The Kier molecular flexibility index (Phi) is 6.20. The minimum absolute atomic E-state index is 0.0703. The molecule has 0 saturated carbocycles. The van der Waals surface area contributed by atoms with Gasteiger partial charge in [-0.2, -0.15) is 0 Å². The summed E-state index contributed by atoms with van der Waals surface area (Å²) in [7, 11) is 2.06. The lowest BCUT2D eigenvalue weighted by Gasteiger charge is -2.26. The molecule has 0 unspecified atom stereocenters. The molecular formula is C21H28N6OS. The maximum absolute atomic E-state index is 13.4. The number of rotatable bonds is 5. The minimum Gasteiger partial charge on any atom is -0.337 e. The summed E-state index contributed by atoms with van der Waals surface area (Å²) in [5.74, 6) is 0.0703. The average Bonchev–Trinajstić information content (AvgIpc) is 3.30. The number of carbonyl (C=O) groups is 1. The van der Waals surface area contributed by atoms with Crippen LogP contribution in [0.5, 0.6) is 0 Å². The Bertz CT molecular complexity index is 945. The van der Waals surface area contributed by atoms with E-state index in [2.05, 4.69) is 33.2 Å². The zero-order valence-electron chi connectivity index (χ0n) is 17.1. The molecule has 1 atom stereocenters. The van der Waals surface area contributed by atoms with Gasteiger partial charge in [-0.25, -0.2) is 15.0 Å². The molecule has 1 saturated heterocycles. The summed E-state index contributed by atoms with van der Waals surface area (Å²) < 4.78 is 2.06. The van der Waals surface area contributed by atoms with E-state index in [1.165, 1.54) is 19.3 Å². The van der Waals surface area contributed by atoms with Crippen LogP contribution < -0.4 is 0 Å². The molecule has 3 aromatic rings. The Hall–Kier alpha value is -2.32. The highest BCUT2D eigenvalue weighted by Gasteiger charge is 2.26. The molecule has 0 radical (unpaired) electrons. The first kappa shape index (κ1) is 20.0. The van der Waals surface area contributed by atoms with E-state index in [0.29, 0.717) is 12.2 Å². The van der Waals surface area contributed by atoms with Crippen LogP contribution in [0.1, 0.15) is 66.9 Å². The van der Waals surface area contributed by atoms with E-state index in [-0.39, 0.29) is 11.9 Å². The molecule has 0 N–H and O–H groups in total. The molecule has 4 heterocycles. The number of thiazole rings is 1. The molecule has 0 aromatic carbocycles. The van der Waals surface area contributed by atoms with Crippen molar-refractivity contribution >= 4 is 22.2 Å². The van der Waals surface area contributed by atoms with Crippen LogP contribution >= 0.6 is 11.3 Å². The molecule has 8 heteroatoms. The zero-order valence-corrected chi connectivity index (χ0v) is 17.9. The van der Waals surface area contributed by atoms with Gasteiger partial charge in [-0.15, -0.1) is 11.3 Å². The normalized spacial score (nSPS) is 16.7. The number of hydrogen-bond acceptors (Lipinski definition) is 6. The van der Waals surface area contributed by atoms with Crippen molar-refractivity contribution in [1.29, 1.82) is 0 Å². The third kappa shape index (κ3) is 4.33. The van der Waals surface area contributed by atoms with Crippen molar-refractivity contribution in [3.63, 3.8) is 0 Å². The Labute approximate surface area is 175 Å². The van der Waals surface area contributed by atoms with Gasteiger partial charge in [0.1, 0.15) is 6.33 Å². The highest BCUT2D eigenvalue weighted by molar-refractivity contribution is 7.15. The Morgan fingerprint density at radius 1 is 1.24 bits per heavy atom. The maximum Gasteiger partial charge on any atom is 0.274 e. The summed E-state index contributed by atoms with van der Waals surface area (Å²) in [5.41, 5.74) is 2.51. The van der Waals surface area contributed by atoms with Gasteiger partial charge in [0.15, 0.2) is 10.7 Å². The molecule has 154 valence electrons. The van der Waals surface area contributed by atoms with Crippen LogP contribution in [0, 0.1) is 0 Å². The summed E-state index contributed by atoms with van der Waals surface area (Å²) in [6.07, 6.45) is 11.2. The summed E-state index contributed by atoms with van der Waals surface area (Å²) in [6.45, 7) is 4.40. The molecule has 1 fully saturated rings. The van der Waals surface area contributed by atoms with Crippen molar-refractivity contribution in [3.05, 3.63) is 47.2 Å². The van der Waals surface area contributed by atoms with Crippen molar-refractivity contribution < 1.29 is 4.79 Å². The lowest BCUT2D eigenvalue weighted by atomic mass is 10.1. The zero-order chi connectivity index (χ0) is 20.2. The van der Waals surface area contributed by atoms with Crippen LogP contribution in [0.15, 0.2) is 30.2 Å². The lowest BCUT2D eigenvalue weighted by molar-refractivity contribution is 0.0734. The van der Waals surface area contributed by atoms with Crippen LogP contribution in [0.25, 0.3) is 4.96 Å². The number of amides is 1. The fraction of sp³-hybridized carbons (Fsp3) is 0.524. The van der Waals surface area contributed by atoms with Crippen LogP contribution in [0.4, 0.5) is 0 Å². The second kappa shape index (κ2) is 9.00. The predicted molar refractivity (Wildman–Crippen MR) is 114 cm³/mol. The molecular weight excluding hydrogens is 384 g/mol. The quantitative estimate of drug-likeness (QED) is 0.638. The monoisotopic (exact) mass is 412 g/mol. The number of hydrogen-bond donors (Lipinski definition) is 0. The Balaban J connectivity index is 1.60. The summed E-state index contributed by atoms with van der Waals surface area (Å²) >= 11 is 1.57. The van der Waals surface area contributed by atoms with Gasteiger partial charge in [-0.05, 0) is 32.9 Å². The first-order valence-electron chi connectivity index (χ1n) is 10.3. The third-order valence-electron chi connectivity index (χ3n) is 5.80. The van der Waals surface area contributed by atoms with Gasteiger partial charge in [0.25, 0.3) is 5.91 Å². The third-order valence-corrected chi connectivity index (χ3v) is 6.56. The molecule has 0 aliphatic carbocycles. The van der Waals surface area contributed by atoms with E-state index in [0.717, 1.165) is 42.3 Å². The SMILES string of the molecule is C[C@@H](c1ccncn1)N(C)Cc1c(C(=O)N2CCCCCCC2)nc2sccn12. The fourth-order valence-electron chi connectivity index (χ4n) is 3.90. The number of aromatic nitrogens is 4. The number of fused-ring (bicyclic) bond motifs is 1. The lowest BCUT2D eigenvalue weighted by Crippen LogP contribution is -2.35. The highest BCUT2D eigenvalue weighted by Crippen LogP contribution is 2.24. The number of nitrogens with zero attached hydrogens (tertiary/aromatic N) is 6. The van der Waals surface area contributed by atoms with Crippen molar-refractivity contribution in [1.82, 2.24) is 29.2 Å². The Morgan fingerprint density at radius 2 is 2.00 bits per heavy atom. The fourth-order valence-corrected chi connectivity index (χ4v) is 4.64. The minimum atomic E-state index is 0.0703. The van der Waals surface area contributed by atoms with E-state index in [9.17, 15) is 4.79 Å². The largest absolute Gasteiger partial charge is 0.337 e. The van der Waals surface area contributed by atoms with E-state index in [1.54, 1.807) is 23.9 Å². The molecule has 0 bridgehead atoms. The van der Waals surface area contributed by atoms with E-state index >= 15 is 0 Å². The van der Waals surface area contributed by atoms with Gasteiger partial charge in [-0.3, -0.25) is 14.1 Å². The van der Waals surface area contributed by atoms with Crippen molar-refractivity contribution in [2.24, 2.45) is 0 Å². The van der Waals surface area contributed by atoms with Crippen LogP contribution in [-0.4, -0.2) is 55.2 Å². The summed E-state index contributed by atoms with van der Waals surface area (Å²) in [4.78, 5) is 31.6. The predicted octanol–water partition coefficient (Wildman–Crippen LogP) is 3.79. The van der Waals surface area contributed by atoms with Crippen LogP contribution in [0.2, 0.25) is 0 Å². The molecule has 0 spiro atoms. The van der Waals surface area contributed by atoms with Crippen molar-refractivity contribution in [2.45, 2.75) is 51.6 Å². The first-order valence-corrected chi connectivity index (χ1v) is 11.2. The molecule has 29 heavy (non-hydrogen) atoms. The number of carbonyl (C=O) groups excluding carboxylic acids is 1. The van der Waals surface area contributed by atoms with Crippen LogP contribution in [-0.2, 0) is 6.54 Å². The highest BCUT2D eigenvalue weighted by atomic mass is 32.1. The van der Waals surface area contributed by atoms with E-state index in [4.69, 9.17) is 4.98 Å². The number of likely N-dealkylation sites (tertiary alicyclic amines) is 1. The maximum atomic E-state index is 13.4. The smallest absolute Gasteiger partial charge is 0.274 e. The second-order valence-corrected chi connectivity index (χ2v) is 8.62. The Morgan fingerprint density at radius 3 is 2.72 bits per heavy atom. The van der Waals surface area contributed by atoms with Gasteiger partial charge in [0.2, 0.25) is 0 Å². The van der Waals surface area contributed by atoms with E-state index in [1.807, 2.05) is 22.5 Å². The van der Waals surface area contributed by atoms with Gasteiger partial charge < -0.3 is 4.90 Å². The molecule has 4 rings (SSSR count). The van der Waals surface area contributed by atoms with E-state index < -0.39 is 0 Å². The topological polar surface area (TPSA) is 66.6 Å². The second-order valence-electron chi connectivity index (χ2n) is 7.75. The number of imidazole rings is 1. The molecule has 1 aliphatic rings. The van der Waals surface area contributed by atoms with Crippen LogP contribution in [0.3, 0.4) is 0 Å².